The highest BCUT2D eigenvalue weighted by Gasteiger charge is 2.31. The lowest BCUT2D eigenvalue weighted by Gasteiger charge is -2.21. The number of likely N-dealkylation sites (tertiary alicyclic amines) is 1. The van der Waals surface area contributed by atoms with Crippen molar-refractivity contribution in [2.45, 2.75) is 25.4 Å². The van der Waals surface area contributed by atoms with Crippen LogP contribution in [0.15, 0.2) is 35.0 Å². The van der Waals surface area contributed by atoms with Crippen molar-refractivity contribution >= 4 is 16.8 Å². The van der Waals surface area contributed by atoms with E-state index in [2.05, 4.69) is 44.3 Å². The zero-order valence-corrected chi connectivity index (χ0v) is 12.5. The topological polar surface area (TPSA) is 101 Å². The summed E-state index contributed by atoms with van der Waals surface area (Å²) < 4.78 is 5.24. The van der Waals surface area contributed by atoms with Crippen LogP contribution in [0.1, 0.15) is 41.0 Å². The van der Waals surface area contributed by atoms with Gasteiger partial charge in [0.25, 0.3) is 11.7 Å². The van der Waals surface area contributed by atoms with Gasteiger partial charge < -0.3 is 15.2 Å². The van der Waals surface area contributed by atoms with E-state index in [1.807, 2.05) is 6.20 Å². The Bertz CT molecular complexity index is 853. The Hall–Kier alpha value is -2.67. The van der Waals surface area contributed by atoms with Crippen LogP contribution in [-0.2, 0) is 6.54 Å². The van der Waals surface area contributed by atoms with Gasteiger partial charge >= 0.3 is 0 Å². The van der Waals surface area contributed by atoms with Gasteiger partial charge in [0.05, 0.1) is 6.04 Å². The van der Waals surface area contributed by atoms with Crippen molar-refractivity contribution in [3.05, 3.63) is 47.7 Å². The van der Waals surface area contributed by atoms with Gasteiger partial charge in [-0.05, 0) is 37.1 Å². The molecule has 1 amide bonds. The summed E-state index contributed by atoms with van der Waals surface area (Å²) in [6.45, 7) is 1.76. The van der Waals surface area contributed by atoms with Gasteiger partial charge in [-0.3, -0.25) is 9.69 Å². The number of fused-ring (bicyclic) bond motifs is 1. The number of nitrogens with one attached hydrogen (secondary N) is 1. The summed E-state index contributed by atoms with van der Waals surface area (Å²) >= 11 is 0. The van der Waals surface area contributed by atoms with Crippen LogP contribution in [0.3, 0.4) is 0 Å². The molecule has 1 aliphatic heterocycles. The summed E-state index contributed by atoms with van der Waals surface area (Å²) in [5, 5.41) is 4.87. The van der Waals surface area contributed by atoms with Gasteiger partial charge in [-0.25, -0.2) is 0 Å². The minimum atomic E-state index is -0.665. The molecule has 3 aromatic rings. The molecule has 0 unspecified atom stereocenters. The molecule has 1 saturated heterocycles. The number of primary amides is 1. The number of hydrogen-bond donors (Lipinski definition) is 2. The van der Waals surface area contributed by atoms with Crippen molar-refractivity contribution in [3.8, 4) is 0 Å². The maximum absolute atomic E-state index is 11.1. The largest absolute Gasteiger partial charge is 0.363 e. The van der Waals surface area contributed by atoms with E-state index in [1.165, 1.54) is 10.9 Å². The second-order valence-corrected chi connectivity index (χ2v) is 5.81. The second kappa shape index (κ2) is 5.51. The molecule has 7 heteroatoms. The molecule has 7 nitrogen and oxygen atoms in total. The minimum absolute atomic E-state index is 0.0322. The molecule has 4 rings (SSSR count). The van der Waals surface area contributed by atoms with Gasteiger partial charge in [-0.1, -0.05) is 17.3 Å². The van der Waals surface area contributed by atoms with E-state index >= 15 is 0 Å². The van der Waals surface area contributed by atoms with E-state index in [0.29, 0.717) is 5.89 Å². The predicted octanol–water partition coefficient (Wildman–Crippen LogP) is 1.99. The number of nitrogens with zero attached hydrogens (tertiary/aromatic N) is 3. The Balaban J connectivity index is 1.60. The zero-order chi connectivity index (χ0) is 15.8. The lowest BCUT2D eigenvalue weighted by atomic mass is 10.1. The fourth-order valence-electron chi connectivity index (χ4n) is 3.27. The van der Waals surface area contributed by atoms with E-state index < -0.39 is 5.91 Å². The summed E-state index contributed by atoms with van der Waals surface area (Å²) in [5.74, 6) is -0.251. The average Bonchev–Trinajstić information content (AvgIpc) is 3.27. The Kier molecular flexibility index (Phi) is 3.34. The summed E-state index contributed by atoms with van der Waals surface area (Å²) in [7, 11) is 0. The van der Waals surface area contributed by atoms with Crippen LogP contribution in [0.4, 0.5) is 0 Å². The van der Waals surface area contributed by atoms with Crippen LogP contribution >= 0.6 is 0 Å². The van der Waals surface area contributed by atoms with Crippen molar-refractivity contribution in [1.82, 2.24) is 20.0 Å². The molecule has 3 N–H and O–H groups in total. The number of aromatic amines is 1. The number of amides is 1. The number of benzene rings is 1. The summed E-state index contributed by atoms with van der Waals surface area (Å²) in [6, 6.07) is 8.38. The number of aromatic nitrogens is 3. The molecule has 0 spiro atoms. The minimum Gasteiger partial charge on any atom is -0.363 e. The molecule has 23 heavy (non-hydrogen) atoms. The Morgan fingerprint density at radius 1 is 1.43 bits per heavy atom. The van der Waals surface area contributed by atoms with Crippen LogP contribution in [-0.4, -0.2) is 32.5 Å². The average molecular weight is 311 g/mol. The van der Waals surface area contributed by atoms with E-state index in [0.717, 1.165) is 31.4 Å². The Morgan fingerprint density at radius 3 is 3.17 bits per heavy atom. The molecular formula is C16H17N5O2. The lowest BCUT2D eigenvalue weighted by molar-refractivity contribution is 0.0987. The molecule has 1 atom stereocenters. The maximum Gasteiger partial charge on any atom is 0.290 e. The van der Waals surface area contributed by atoms with E-state index in [1.54, 1.807) is 0 Å². The first kappa shape index (κ1) is 14.0. The van der Waals surface area contributed by atoms with Crippen molar-refractivity contribution in [2.24, 2.45) is 5.73 Å². The first-order valence-corrected chi connectivity index (χ1v) is 7.65. The van der Waals surface area contributed by atoms with Gasteiger partial charge in [0, 0.05) is 23.6 Å². The van der Waals surface area contributed by atoms with Crippen LogP contribution in [0.2, 0.25) is 0 Å². The highest BCUT2D eigenvalue weighted by Crippen LogP contribution is 2.33. The van der Waals surface area contributed by atoms with E-state index in [9.17, 15) is 4.79 Å². The summed E-state index contributed by atoms with van der Waals surface area (Å²) in [6.07, 6.45) is 3.94. The molecule has 1 fully saturated rings. The second-order valence-electron chi connectivity index (χ2n) is 5.81. The lowest BCUT2D eigenvalue weighted by Crippen LogP contribution is -2.23. The molecule has 0 aliphatic carbocycles. The molecule has 0 saturated carbocycles. The third-order valence-electron chi connectivity index (χ3n) is 4.37. The Labute approximate surface area is 132 Å². The molecule has 118 valence electrons. The third kappa shape index (κ3) is 2.49. The number of nitrogens with two attached hydrogens (primary N) is 1. The number of carbonyl (C=O) groups excluding carboxylic acids is 1. The highest BCUT2D eigenvalue weighted by atomic mass is 16.5. The monoisotopic (exact) mass is 311 g/mol. The van der Waals surface area contributed by atoms with Crippen LogP contribution in [0.25, 0.3) is 10.9 Å². The summed E-state index contributed by atoms with van der Waals surface area (Å²) in [4.78, 5) is 20.8. The number of hydrogen-bond acceptors (Lipinski definition) is 5. The van der Waals surface area contributed by atoms with Crippen molar-refractivity contribution in [3.63, 3.8) is 0 Å². The van der Waals surface area contributed by atoms with Crippen LogP contribution in [0, 0.1) is 0 Å². The van der Waals surface area contributed by atoms with E-state index in [-0.39, 0.29) is 11.9 Å². The number of rotatable bonds is 4. The first-order chi connectivity index (χ1) is 11.2. The molecule has 0 bridgehead atoms. The Morgan fingerprint density at radius 2 is 2.35 bits per heavy atom. The van der Waals surface area contributed by atoms with Gasteiger partial charge in [0.1, 0.15) is 0 Å². The van der Waals surface area contributed by atoms with Crippen molar-refractivity contribution < 1.29 is 9.32 Å². The third-order valence-corrected chi connectivity index (χ3v) is 4.37. The molecule has 1 aliphatic rings. The standard InChI is InChI=1S/C16H17N5O2/c17-14(22)15-19-16(23-20-15)13-5-2-8-21(13)9-10-3-1-4-12-11(10)6-7-18-12/h1,3-4,6-7,13,18H,2,5,8-9H2,(H2,17,22)/t13-/m0/s1. The van der Waals surface area contributed by atoms with Crippen LogP contribution in [0.5, 0.6) is 0 Å². The van der Waals surface area contributed by atoms with Crippen LogP contribution < -0.4 is 5.73 Å². The zero-order valence-electron chi connectivity index (χ0n) is 12.5. The fraction of sp³-hybridized carbons (Fsp3) is 0.312. The smallest absolute Gasteiger partial charge is 0.290 e. The maximum atomic E-state index is 11.1. The van der Waals surface area contributed by atoms with Gasteiger partial charge in [0.15, 0.2) is 0 Å². The van der Waals surface area contributed by atoms with Gasteiger partial charge in [0.2, 0.25) is 5.89 Å². The molecule has 1 aromatic carbocycles. The fourth-order valence-corrected chi connectivity index (χ4v) is 3.27. The van der Waals surface area contributed by atoms with Crippen molar-refractivity contribution in [1.29, 1.82) is 0 Å². The quantitative estimate of drug-likeness (QED) is 0.767. The van der Waals surface area contributed by atoms with Crippen molar-refractivity contribution in [2.75, 3.05) is 6.54 Å². The van der Waals surface area contributed by atoms with Gasteiger partial charge in [-0.2, -0.15) is 4.98 Å². The predicted molar refractivity (Wildman–Crippen MR) is 83.5 cm³/mol. The van der Waals surface area contributed by atoms with E-state index in [4.69, 9.17) is 10.3 Å². The molecule has 2 aromatic heterocycles. The number of carbonyl (C=O) groups is 1. The summed E-state index contributed by atoms with van der Waals surface area (Å²) in [5.41, 5.74) is 7.58. The number of H-pyrrole nitrogens is 1. The highest BCUT2D eigenvalue weighted by molar-refractivity contribution is 5.88. The molecule has 0 radical (unpaired) electrons. The molecule has 3 heterocycles. The SMILES string of the molecule is NC(=O)c1noc([C@@H]2CCCN2Cc2cccc3[nH]ccc23)n1. The first-order valence-electron chi connectivity index (χ1n) is 7.65. The normalized spacial score (nSPS) is 18.7. The molecular weight excluding hydrogens is 294 g/mol. The van der Waals surface area contributed by atoms with Gasteiger partial charge in [-0.15, -0.1) is 0 Å².